The van der Waals surface area contributed by atoms with E-state index in [1.54, 1.807) is 24.3 Å². The van der Waals surface area contributed by atoms with E-state index in [2.05, 4.69) is 16.3 Å². The first-order valence-corrected chi connectivity index (χ1v) is 9.93. The normalized spacial score (nSPS) is 10.7. The molecule has 0 saturated heterocycles. The van der Waals surface area contributed by atoms with Crippen LogP contribution in [0.15, 0.2) is 70.3 Å². The minimum absolute atomic E-state index is 0.0202. The molecule has 160 valence electrons. The van der Waals surface area contributed by atoms with Crippen LogP contribution in [0.5, 0.6) is 0 Å². The van der Waals surface area contributed by atoms with Gasteiger partial charge in [0, 0.05) is 11.4 Å². The maximum atomic E-state index is 13.3. The molecule has 2 aromatic carbocycles. The Morgan fingerprint density at radius 3 is 2.42 bits per heavy atom. The molecule has 0 N–H and O–H groups in total. The van der Waals surface area contributed by atoms with E-state index >= 15 is 0 Å². The van der Waals surface area contributed by atoms with E-state index < -0.39 is 17.3 Å². The zero-order valence-corrected chi connectivity index (χ0v) is 18.1. The number of hydrogen-bond donors (Lipinski definition) is 0. The fourth-order valence-electron chi connectivity index (χ4n) is 3.15. The Morgan fingerprint density at radius 1 is 1.10 bits per heavy atom. The van der Waals surface area contributed by atoms with Crippen molar-refractivity contribution in [1.29, 1.82) is 0 Å². The molecule has 3 aromatic rings. The third-order valence-corrected chi connectivity index (χ3v) is 5.17. The van der Waals surface area contributed by atoms with Gasteiger partial charge in [0.2, 0.25) is 0 Å². The third-order valence-electron chi connectivity index (χ3n) is 4.92. The van der Waals surface area contributed by atoms with Crippen LogP contribution in [0, 0.1) is 6.92 Å². The molecule has 7 nitrogen and oxygen atoms in total. The van der Waals surface area contributed by atoms with Crippen molar-refractivity contribution in [2.75, 3.05) is 7.11 Å². The number of hydrogen-bond acceptors (Lipinski definition) is 5. The molecule has 31 heavy (non-hydrogen) atoms. The van der Waals surface area contributed by atoms with Crippen LogP contribution in [0.4, 0.5) is 0 Å². The maximum Gasteiger partial charge on any atom is 0.353 e. The largest absolute Gasteiger partial charge is 0.466 e. The summed E-state index contributed by atoms with van der Waals surface area (Å²) < 4.78 is 6.94. The number of carbonyl (C=O) groups is 1. The van der Waals surface area contributed by atoms with Crippen molar-refractivity contribution in [3.8, 4) is 0 Å². The lowest BCUT2D eigenvalue weighted by Gasteiger charge is -2.16. The molecular formula is C23H22ClN3O4. The van der Waals surface area contributed by atoms with Gasteiger partial charge in [-0.05, 0) is 35.7 Å². The fraction of sp³-hybridized carbons (Fsp3) is 0.217. The summed E-state index contributed by atoms with van der Waals surface area (Å²) in [5.41, 5.74) is 1.45. The van der Waals surface area contributed by atoms with Gasteiger partial charge in [-0.25, -0.2) is 19.0 Å². The number of aryl methyl sites for hydroxylation is 1. The lowest BCUT2D eigenvalue weighted by molar-refractivity contribution is -0.136. The van der Waals surface area contributed by atoms with Gasteiger partial charge >= 0.3 is 17.3 Å². The second-order valence-electron chi connectivity index (χ2n) is 7.09. The number of nitrogens with zero attached hydrogens (tertiary/aromatic N) is 3. The van der Waals surface area contributed by atoms with Gasteiger partial charge in [-0.2, -0.15) is 4.98 Å². The van der Waals surface area contributed by atoms with Gasteiger partial charge in [0.05, 0.1) is 25.8 Å². The van der Waals surface area contributed by atoms with Crippen LogP contribution in [-0.2, 0) is 29.0 Å². The number of carbonyl (C=O) groups excluding carboxylic acids is 1. The summed E-state index contributed by atoms with van der Waals surface area (Å²) in [6, 6.07) is 14.8. The zero-order chi connectivity index (χ0) is 22.5. The topological polar surface area (TPSA) is 83.2 Å². The van der Waals surface area contributed by atoms with Crippen molar-refractivity contribution in [3.63, 3.8) is 0 Å². The number of ether oxygens (including phenoxy) is 1. The average Bonchev–Trinajstić information content (AvgIpc) is 2.76. The van der Waals surface area contributed by atoms with E-state index in [1.165, 1.54) is 11.7 Å². The Labute approximate surface area is 184 Å². The van der Waals surface area contributed by atoms with E-state index in [-0.39, 0.29) is 18.7 Å². The Kier molecular flexibility index (Phi) is 6.87. The molecule has 3 rings (SSSR count). The molecule has 0 amide bonds. The van der Waals surface area contributed by atoms with Crippen molar-refractivity contribution in [2.24, 2.45) is 0 Å². The van der Waals surface area contributed by atoms with Crippen LogP contribution < -0.4 is 11.4 Å². The highest BCUT2D eigenvalue weighted by Gasteiger charge is 2.17. The molecular weight excluding hydrogens is 418 g/mol. The van der Waals surface area contributed by atoms with Gasteiger partial charge in [0.25, 0.3) is 0 Å². The minimum Gasteiger partial charge on any atom is -0.466 e. The Hall–Kier alpha value is -3.45. The van der Waals surface area contributed by atoms with Crippen molar-refractivity contribution in [3.05, 3.63) is 109 Å². The first-order valence-electron chi connectivity index (χ1n) is 9.55. The van der Waals surface area contributed by atoms with E-state index in [9.17, 15) is 14.4 Å². The van der Waals surface area contributed by atoms with E-state index in [4.69, 9.17) is 11.6 Å². The number of benzene rings is 2. The predicted octanol–water partition coefficient (Wildman–Crippen LogP) is 2.74. The predicted molar refractivity (Wildman–Crippen MR) is 118 cm³/mol. The van der Waals surface area contributed by atoms with E-state index in [0.29, 0.717) is 17.3 Å². The molecule has 0 aliphatic heterocycles. The summed E-state index contributed by atoms with van der Waals surface area (Å²) in [4.78, 5) is 41.8. The highest BCUT2D eigenvalue weighted by molar-refractivity contribution is 6.30. The number of rotatable bonds is 7. The lowest BCUT2D eigenvalue weighted by atomic mass is 10.1. The molecule has 0 unspecified atom stereocenters. The van der Waals surface area contributed by atoms with Gasteiger partial charge < -0.3 is 4.74 Å². The molecule has 0 fully saturated rings. The number of aromatic nitrogens is 3. The Morgan fingerprint density at radius 2 is 1.77 bits per heavy atom. The second-order valence-corrected chi connectivity index (χ2v) is 7.53. The molecule has 1 aromatic heterocycles. The highest BCUT2D eigenvalue weighted by Crippen LogP contribution is 2.14. The summed E-state index contributed by atoms with van der Waals surface area (Å²) in [5, 5.41) is 0.578. The fourth-order valence-corrected chi connectivity index (χ4v) is 3.28. The molecule has 0 atom stereocenters. The first kappa shape index (κ1) is 22.2. The smallest absolute Gasteiger partial charge is 0.353 e. The standard InChI is InChI=1S/C23H22ClN3O4/c1-15-6-4-5-7-18(15)12-20-25-22(29)27(13-16(2)21(28)31-3)23(30)26(20)14-17-8-10-19(24)11-9-17/h4-11H,2,12-14H2,1,3H3. The van der Waals surface area contributed by atoms with Crippen LogP contribution in [0.25, 0.3) is 0 Å². The summed E-state index contributed by atoms with van der Waals surface area (Å²) >= 11 is 5.97. The Balaban J connectivity index is 2.10. The van der Waals surface area contributed by atoms with E-state index in [1.807, 2.05) is 31.2 Å². The first-order chi connectivity index (χ1) is 14.8. The second kappa shape index (κ2) is 9.57. The van der Waals surface area contributed by atoms with Crippen molar-refractivity contribution >= 4 is 17.6 Å². The Bertz CT molecular complexity index is 1240. The van der Waals surface area contributed by atoms with Crippen LogP contribution in [0.2, 0.25) is 5.02 Å². The molecule has 8 heteroatoms. The van der Waals surface area contributed by atoms with Crippen LogP contribution in [-0.4, -0.2) is 27.2 Å². The average molecular weight is 440 g/mol. The van der Waals surface area contributed by atoms with Crippen molar-refractivity contribution < 1.29 is 9.53 Å². The minimum atomic E-state index is -0.744. The highest BCUT2D eigenvalue weighted by atomic mass is 35.5. The van der Waals surface area contributed by atoms with Gasteiger partial charge in [-0.1, -0.05) is 54.6 Å². The molecule has 0 aliphatic rings. The maximum absolute atomic E-state index is 13.3. The van der Waals surface area contributed by atoms with Gasteiger partial charge in [0.1, 0.15) is 5.82 Å². The lowest BCUT2D eigenvalue weighted by Crippen LogP contribution is -2.44. The third kappa shape index (κ3) is 5.19. The number of esters is 1. The van der Waals surface area contributed by atoms with Gasteiger partial charge in [-0.15, -0.1) is 0 Å². The summed E-state index contributed by atoms with van der Waals surface area (Å²) in [6.45, 7) is 5.45. The molecule has 0 bridgehead atoms. The van der Waals surface area contributed by atoms with E-state index in [0.717, 1.165) is 21.3 Å². The van der Waals surface area contributed by atoms with Gasteiger partial charge in [0.15, 0.2) is 0 Å². The van der Waals surface area contributed by atoms with Gasteiger partial charge in [-0.3, -0.25) is 4.57 Å². The van der Waals surface area contributed by atoms with Crippen LogP contribution in [0.1, 0.15) is 22.5 Å². The number of halogens is 1. The molecule has 0 saturated carbocycles. The SMILES string of the molecule is C=C(Cn1c(=O)nc(Cc2ccccc2C)n(Cc2ccc(Cl)cc2)c1=O)C(=O)OC. The number of methoxy groups -OCH3 is 1. The monoisotopic (exact) mass is 439 g/mol. The molecule has 1 heterocycles. The zero-order valence-electron chi connectivity index (χ0n) is 17.3. The van der Waals surface area contributed by atoms with Crippen molar-refractivity contribution in [1.82, 2.24) is 14.1 Å². The summed E-state index contributed by atoms with van der Waals surface area (Å²) in [6.07, 6.45) is 0.309. The summed E-state index contributed by atoms with van der Waals surface area (Å²) in [7, 11) is 1.21. The molecule has 0 radical (unpaired) electrons. The quantitative estimate of drug-likeness (QED) is 0.417. The molecule has 0 spiro atoms. The molecule has 0 aliphatic carbocycles. The van der Waals surface area contributed by atoms with Crippen molar-refractivity contribution in [2.45, 2.75) is 26.4 Å². The summed E-state index contributed by atoms with van der Waals surface area (Å²) in [5.74, 6) is -0.362. The van der Waals surface area contributed by atoms with Crippen LogP contribution >= 0.6 is 11.6 Å². The van der Waals surface area contributed by atoms with Crippen LogP contribution in [0.3, 0.4) is 0 Å².